The number of anilines is 6. The Kier molecular flexibility index (Phi) is 9.03. The van der Waals surface area contributed by atoms with Gasteiger partial charge < -0.3 is 23.1 Å². The molecule has 0 bridgehead atoms. The molecule has 2 aliphatic rings. The van der Waals surface area contributed by atoms with E-state index in [-0.39, 0.29) is 23.5 Å². The second-order valence-corrected chi connectivity index (χ2v) is 21.3. The lowest BCUT2D eigenvalue weighted by Crippen LogP contribution is -2.61. The summed E-state index contributed by atoms with van der Waals surface area (Å²) in [5, 5.41) is 3.34. The van der Waals surface area contributed by atoms with Crippen LogP contribution in [0.15, 0.2) is 159 Å². The Hall–Kier alpha value is -7.18. The standard InChI is InChI=1S/C61H55BN2O3/c1-35(2)40-30-51-56-52(31-40)64(57-36(3)27-42(28-37(57)4)61(8,9)10)58-46-32-41(60(5,6)7)22-26-55(46)67-59(58)62(56)49-29-39(48-34-66-54-18-14-12-16-45(48)54)21-25-50(49)63(51)43-23-19-38(20-24-43)47-33-65-53-17-13-11-15-44(47)53/h11-35H,1-10H3. The van der Waals surface area contributed by atoms with E-state index in [0.29, 0.717) is 0 Å². The first-order chi connectivity index (χ1) is 32.1. The number of hydrogen-bond acceptors (Lipinski definition) is 5. The largest absolute Gasteiger partial charge is 0.468 e. The van der Waals surface area contributed by atoms with E-state index in [2.05, 4.69) is 188 Å². The second kappa shape index (κ2) is 14.7. The first-order valence-corrected chi connectivity index (χ1v) is 23.8. The maximum Gasteiger partial charge on any atom is 0.297 e. The maximum absolute atomic E-state index is 7.40. The fourth-order valence-electron chi connectivity index (χ4n) is 10.9. The van der Waals surface area contributed by atoms with Crippen molar-refractivity contribution in [3.05, 3.63) is 174 Å². The van der Waals surface area contributed by atoms with Gasteiger partial charge in [-0.15, -0.1) is 0 Å². The number of fused-ring (bicyclic) bond motifs is 8. The number of benzene rings is 7. The van der Waals surface area contributed by atoms with E-state index < -0.39 is 0 Å². The van der Waals surface area contributed by atoms with E-state index in [4.69, 9.17) is 13.3 Å². The molecule has 5 heterocycles. The molecule has 0 amide bonds. The van der Waals surface area contributed by atoms with Crippen LogP contribution in [0.1, 0.15) is 89.1 Å². The van der Waals surface area contributed by atoms with Crippen molar-refractivity contribution in [3.63, 3.8) is 0 Å². The van der Waals surface area contributed by atoms with Crippen LogP contribution in [-0.2, 0) is 10.8 Å². The molecule has 0 saturated heterocycles. The van der Waals surface area contributed by atoms with Crippen molar-refractivity contribution in [1.82, 2.24) is 0 Å². The van der Waals surface area contributed by atoms with Crippen molar-refractivity contribution in [2.75, 3.05) is 9.80 Å². The smallest absolute Gasteiger partial charge is 0.297 e. The van der Waals surface area contributed by atoms with E-state index in [0.717, 1.165) is 83.6 Å². The van der Waals surface area contributed by atoms with E-state index in [1.54, 1.807) is 0 Å². The van der Waals surface area contributed by atoms with Gasteiger partial charge in [-0.25, -0.2) is 0 Å². The molecule has 7 aromatic carbocycles. The topological polar surface area (TPSA) is 45.9 Å². The summed E-state index contributed by atoms with van der Waals surface area (Å²) in [5.74, 6) is 0.263. The van der Waals surface area contributed by atoms with E-state index in [1.165, 1.54) is 50.1 Å². The molecule has 0 saturated carbocycles. The van der Waals surface area contributed by atoms with Gasteiger partial charge in [0.05, 0.1) is 29.6 Å². The number of nitrogens with zero attached hydrogens (tertiary/aromatic N) is 2. The van der Waals surface area contributed by atoms with Crippen LogP contribution in [0.3, 0.4) is 0 Å². The van der Waals surface area contributed by atoms with Crippen molar-refractivity contribution in [1.29, 1.82) is 0 Å². The highest BCUT2D eigenvalue weighted by atomic mass is 16.3. The van der Waals surface area contributed by atoms with Crippen LogP contribution in [0.4, 0.5) is 34.1 Å². The normalized spacial score (nSPS) is 13.6. The summed E-state index contributed by atoms with van der Waals surface area (Å²) >= 11 is 0. The fourth-order valence-corrected chi connectivity index (χ4v) is 10.9. The molecule has 6 heteroatoms. The molecule has 2 aliphatic heterocycles. The first kappa shape index (κ1) is 41.3. The summed E-state index contributed by atoms with van der Waals surface area (Å²) in [5.41, 5.74) is 23.6. The maximum atomic E-state index is 7.40. The Morgan fingerprint density at radius 3 is 1.70 bits per heavy atom. The van der Waals surface area contributed by atoms with Crippen LogP contribution in [0.2, 0.25) is 0 Å². The van der Waals surface area contributed by atoms with Crippen molar-refractivity contribution in [2.24, 2.45) is 0 Å². The van der Waals surface area contributed by atoms with Crippen LogP contribution in [0.5, 0.6) is 0 Å². The molecule has 3 aromatic heterocycles. The lowest BCUT2D eigenvalue weighted by Gasteiger charge is -2.43. The molecular weight excluding hydrogens is 819 g/mol. The zero-order chi connectivity index (χ0) is 46.3. The van der Waals surface area contributed by atoms with Crippen LogP contribution in [-0.4, -0.2) is 6.71 Å². The minimum atomic E-state index is -0.210. The summed E-state index contributed by atoms with van der Waals surface area (Å²) in [4.78, 5) is 5.08. The predicted molar refractivity (Wildman–Crippen MR) is 282 cm³/mol. The number of hydrogen-bond donors (Lipinski definition) is 0. The third-order valence-corrected chi connectivity index (χ3v) is 14.5. The molecule has 330 valence electrons. The Balaban J connectivity index is 1.17. The van der Waals surface area contributed by atoms with E-state index in [9.17, 15) is 0 Å². The van der Waals surface area contributed by atoms with Gasteiger partial charge in [0.25, 0.3) is 6.71 Å². The summed E-state index contributed by atoms with van der Waals surface area (Å²) in [7, 11) is 0. The Labute approximate surface area is 393 Å². The van der Waals surface area contributed by atoms with E-state index in [1.807, 2.05) is 36.8 Å². The molecule has 10 aromatic rings. The molecular formula is C61H55BN2O3. The molecule has 0 atom stereocenters. The van der Waals surface area contributed by atoms with E-state index >= 15 is 0 Å². The van der Waals surface area contributed by atoms with Gasteiger partial charge in [-0.05, 0) is 135 Å². The molecule has 0 fully saturated rings. The summed E-state index contributed by atoms with van der Waals surface area (Å²) in [6.45, 7) is 22.8. The zero-order valence-electron chi connectivity index (χ0n) is 40.1. The van der Waals surface area contributed by atoms with Gasteiger partial charge >= 0.3 is 0 Å². The monoisotopic (exact) mass is 874 g/mol. The van der Waals surface area contributed by atoms with Gasteiger partial charge in [-0.2, -0.15) is 0 Å². The molecule has 0 N–H and O–H groups in total. The second-order valence-electron chi connectivity index (χ2n) is 21.3. The zero-order valence-corrected chi connectivity index (χ0v) is 40.1. The van der Waals surface area contributed by atoms with Crippen LogP contribution in [0.25, 0.3) is 55.2 Å². The molecule has 0 spiro atoms. The van der Waals surface area contributed by atoms with Gasteiger partial charge in [0, 0.05) is 50.0 Å². The average molecular weight is 875 g/mol. The molecule has 5 nitrogen and oxygen atoms in total. The fraction of sp³-hybridized carbons (Fsp3) is 0.213. The lowest BCUT2D eigenvalue weighted by molar-refractivity contribution is 0.589. The Morgan fingerprint density at radius 2 is 1.09 bits per heavy atom. The number of aryl methyl sites for hydroxylation is 2. The minimum Gasteiger partial charge on any atom is -0.468 e. The van der Waals surface area contributed by atoms with Gasteiger partial charge in [0.2, 0.25) is 0 Å². The highest BCUT2D eigenvalue weighted by molar-refractivity contribution is 7.00. The van der Waals surface area contributed by atoms with Crippen LogP contribution in [0, 0.1) is 13.8 Å². The number of furan rings is 3. The van der Waals surface area contributed by atoms with Gasteiger partial charge in [-0.1, -0.05) is 134 Å². The first-order valence-electron chi connectivity index (χ1n) is 23.8. The van der Waals surface area contributed by atoms with Crippen molar-refractivity contribution < 1.29 is 13.3 Å². The minimum absolute atomic E-state index is 0.00460. The number of rotatable bonds is 5. The Morgan fingerprint density at radius 1 is 0.507 bits per heavy atom. The molecule has 0 radical (unpaired) electrons. The lowest BCUT2D eigenvalue weighted by atomic mass is 9.35. The predicted octanol–water partition coefficient (Wildman–Crippen LogP) is 15.7. The summed E-state index contributed by atoms with van der Waals surface area (Å²) in [6.07, 6.45) is 3.79. The van der Waals surface area contributed by atoms with Gasteiger partial charge in [0.15, 0.2) is 0 Å². The van der Waals surface area contributed by atoms with Crippen molar-refractivity contribution in [3.8, 4) is 22.3 Å². The van der Waals surface area contributed by atoms with Crippen molar-refractivity contribution in [2.45, 2.75) is 86.0 Å². The Bertz CT molecular complexity index is 3600. The third-order valence-electron chi connectivity index (χ3n) is 14.5. The van der Waals surface area contributed by atoms with Gasteiger partial charge in [-0.3, -0.25) is 0 Å². The summed E-state index contributed by atoms with van der Waals surface area (Å²) < 4.78 is 19.6. The molecule has 67 heavy (non-hydrogen) atoms. The molecule has 0 aliphatic carbocycles. The quantitative estimate of drug-likeness (QED) is 0.161. The van der Waals surface area contributed by atoms with Crippen molar-refractivity contribution >= 4 is 90.3 Å². The van der Waals surface area contributed by atoms with Gasteiger partial charge in [0.1, 0.15) is 16.7 Å². The highest BCUT2D eigenvalue weighted by Crippen LogP contribution is 2.51. The molecule has 0 unspecified atom stereocenters. The third kappa shape index (κ3) is 6.36. The molecule has 12 rings (SSSR count). The SMILES string of the molecule is Cc1cc(C(C)(C)C)cc(C)c1N1c2cc(C(C)C)cc3c2B(c2cc(-c4coc5ccccc45)ccc2N3c2ccc(-c3coc4ccccc34)cc2)c2oc3ccc(C(C)(C)C)cc3c21. The van der Waals surface area contributed by atoms with Crippen LogP contribution >= 0.6 is 0 Å². The highest BCUT2D eigenvalue weighted by Gasteiger charge is 2.48. The average Bonchev–Trinajstić information content (AvgIpc) is 4.04. The van der Waals surface area contributed by atoms with Crippen LogP contribution < -0.4 is 26.4 Å². The summed E-state index contributed by atoms with van der Waals surface area (Å²) in [6, 6.07) is 49.2. The number of para-hydroxylation sites is 2.